The van der Waals surface area contributed by atoms with E-state index in [-0.39, 0.29) is 10.8 Å². The molecule has 1 nitrogen and oxygen atoms in total. The van der Waals surface area contributed by atoms with Crippen LogP contribution in [0.15, 0.2) is 23.1 Å². The molecule has 96 valence electrons. The smallest absolute Gasteiger partial charge is 0.0122 e. The van der Waals surface area contributed by atoms with Gasteiger partial charge in [0.05, 0.1) is 0 Å². The van der Waals surface area contributed by atoms with Crippen LogP contribution in [0.5, 0.6) is 0 Å². The minimum Gasteiger partial charge on any atom is -0.327 e. The Morgan fingerprint density at radius 3 is 2.41 bits per heavy atom. The van der Waals surface area contributed by atoms with Crippen molar-refractivity contribution in [1.29, 1.82) is 0 Å². The van der Waals surface area contributed by atoms with Gasteiger partial charge in [0.15, 0.2) is 0 Å². The standard InChI is InChI=1S/C15H25NS/c1-6-13(16)10-12-7-8-14(9-11(12)2)17-15(3,4)5/h7-9,13H,6,10,16H2,1-5H3. The van der Waals surface area contributed by atoms with E-state index in [4.69, 9.17) is 5.73 Å². The van der Waals surface area contributed by atoms with E-state index in [2.05, 4.69) is 52.8 Å². The highest BCUT2D eigenvalue weighted by atomic mass is 32.2. The highest BCUT2D eigenvalue weighted by molar-refractivity contribution is 8.00. The molecule has 0 radical (unpaired) electrons. The molecule has 0 bridgehead atoms. The van der Waals surface area contributed by atoms with Crippen LogP contribution in [0.4, 0.5) is 0 Å². The summed E-state index contributed by atoms with van der Waals surface area (Å²) in [5.41, 5.74) is 8.76. The average Bonchev–Trinajstić information content (AvgIpc) is 2.19. The predicted molar refractivity (Wildman–Crippen MR) is 78.8 cm³/mol. The van der Waals surface area contributed by atoms with Gasteiger partial charge >= 0.3 is 0 Å². The number of benzene rings is 1. The van der Waals surface area contributed by atoms with Crippen LogP contribution in [0.25, 0.3) is 0 Å². The van der Waals surface area contributed by atoms with E-state index in [1.807, 2.05) is 11.8 Å². The Labute approximate surface area is 110 Å². The Morgan fingerprint density at radius 1 is 1.29 bits per heavy atom. The summed E-state index contributed by atoms with van der Waals surface area (Å²) in [7, 11) is 0. The molecular weight excluding hydrogens is 226 g/mol. The number of hydrogen-bond donors (Lipinski definition) is 1. The maximum absolute atomic E-state index is 6.01. The Morgan fingerprint density at radius 2 is 1.94 bits per heavy atom. The van der Waals surface area contributed by atoms with Crippen LogP contribution in [0.2, 0.25) is 0 Å². The average molecular weight is 251 g/mol. The summed E-state index contributed by atoms with van der Waals surface area (Å²) in [6.07, 6.45) is 2.03. The molecule has 0 amide bonds. The van der Waals surface area contributed by atoms with Crippen molar-refractivity contribution in [2.24, 2.45) is 5.73 Å². The highest BCUT2D eigenvalue weighted by Crippen LogP contribution is 2.32. The topological polar surface area (TPSA) is 26.0 Å². The first kappa shape index (κ1) is 14.6. The third-order valence-corrected chi connectivity index (χ3v) is 3.85. The second kappa shape index (κ2) is 5.92. The number of thioether (sulfide) groups is 1. The van der Waals surface area contributed by atoms with Crippen molar-refractivity contribution in [2.45, 2.75) is 63.1 Å². The lowest BCUT2D eigenvalue weighted by Crippen LogP contribution is -2.21. The van der Waals surface area contributed by atoms with Gasteiger partial charge in [-0.05, 0) is 43.0 Å². The van der Waals surface area contributed by atoms with Crippen LogP contribution >= 0.6 is 11.8 Å². The van der Waals surface area contributed by atoms with E-state index >= 15 is 0 Å². The fraction of sp³-hybridized carbons (Fsp3) is 0.600. The molecule has 2 N–H and O–H groups in total. The second-order valence-corrected chi connectivity index (χ2v) is 7.58. The maximum atomic E-state index is 6.01. The summed E-state index contributed by atoms with van der Waals surface area (Å²) in [6.45, 7) is 11.1. The number of aryl methyl sites for hydroxylation is 1. The van der Waals surface area contributed by atoms with Gasteiger partial charge in [0.25, 0.3) is 0 Å². The van der Waals surface area contributed by atoms with Gasteiger partial charge in [-0.1, -0.05) is 33.8 Å². The van der Waals surface area contributed by atoms with Crippen molar-refractivity contribution in [3.63, 3.8) is 0 Å². The monoisotopic (exact) mass is 251 g/mol. The molecule has 0 aromatic heterocycles. The van der Waals surface area contributed by atoms with E-state index in [0.717, 1.165) is 12.8 Å². The molecule has 2 heteroatoms. The molecule has 1 aromatic rings. The molecule has 0 saturated carbocycles. The molecule has 1 unspecified atom stereocenters. The summed E-state index contributed by atoms with van der Waals surface area (Å²) >= 11 is 1.92. The fourth-order valence-corrected chi connectivity index (χ4v) is 2.82. The zero-order valence-electron chi connectivity index (χ0n) is 11.7. The quantitative estimate of drug-likeness (QED) is 0.813. The van der Waals surface area contributed by atoms with E-state index < -0.39 is 0 Å². The zero-order valence-corrected chi connectivity index (χ0v) is 12.5. The van der Waals surface area contributed by atoms with Crippen molar-refractivity contribution >= 4 is 11.8 Å². The summed E-state index contributed by atoms with van der Waals surface area (Å²) in [4.78, 5) is 1.35. The third kappa shape index (κ3) is 5.13. The third-order valence-electron chi connectivity index (χ3n) is 2.74. The lowest BCUT2D eigenvalue weighted by molar-refractivity contribution is 0.644. The molecule has 0 fully saturated rings. The Hall–Kier alpha value is -0.470. The minimum absolute atomic E-state index is 0.272. The van der Waals surface area contributed by atoms with Gasteiger partial charge in [0.2, 0.25) is 0 Å². The van der Waals surface area contributed by atoms with Crippen LogP contribution < -0.4 is 5.73 Å². The number of nitrogens with two attached hydrogens (primary N) is 1. The molecule has 0 spiro atoms. The highest BCUT2D eigenvalue weighted by Gasteiger charge is 2.13. The lowest BCUT2D eigenvalue weighted by Gasteiger charge is -2.19. The van der Waals surface area contributed by atoms with E-state index in [1.54, 1.807) is 0 Å². The van der Waals surface area contributed by atoms with Crippen LogP contribution in [0.3, 0.4) is 0 Å². The molecule has 1 aromatic carbocycles. The van der Waals surface area contributed by atoms with E-state index in [0.29, 0.717) is 0 Å². The second-order valence-electron chi connectivity index (χ2n) is 5.68. The SMILES string of the molecule is CCC(N)Cc1ccc(SC(C)(C)C)cc1C. The molecule has 1 rings (SSSR count). The maximum Gasteiger partial charge on any atom is 0.0122 e. The summed E-state index contributed by atoms with van der Waals surface area (Å²) in [5, 5.41) is 0. The zero-order chi connectivity index (χ0) is 13.1. The van der Waals surface area contributed by atoms with Gasteiger partial charge in [-0.3, -0.25) is 0 Å². The van der Waals surface area contributed by atoms with Crippen LogP contribution in [0, 0.1) is 6.92 Å². The van der Waals surface area contributed by atoms with E-state index in [1.165, 1.54) is 16.0 Å². The van der Waals surface area contributed by atoms with Gasteiger partial charge in [0, 0.05) is 15.7 Å². The molecule has 0 heterocycles. The molecule has 0 aliphatic carbocycles. The normalized spacial score (nSPS) is 13.8. The number of rotatable bonds is 4. The fourth-order valence-electron chi connectivity index (χ4n) is 1.74. The van der Waals surface area contributed by atoms with Crippen LogP contribution in [-0.4, -0.2) is 10.8 Å². The Kier molecular flexibility index (Phi) is 5.08. The van der Waals surface area contributed by atoms with Crippen molar-refractivity contribution in [2.75, 3.05) is 0 Å². The van der Waals surface area contributed by atoms with Crippen molar-refractivity contribution in [3.8, 4) is 0 Å². The van der Waals surface area contributed by atoms with Crippen molar-refractivity contribution in [1.82, 2.24) is 0 Å². The Balaban J connectivity index is 2.79. The number of hydrogen-bond acceptors (Lipinski definition) is 2. The predicted octanol–water partition coefficient (Wildman–Crippen LogP) is 4.17. The summed E-state index contributed by atoms with van der Waals surface area (Å²) in [6, 6.07) is 7.03. The molecule has 0 aliphatic rings. The minimum atomic E-state index is 0.272. The van der Waals surface area contributed by atoms with Crippen LogP contribution in [-0.2, 0) is 6.42 Å². The van der Waals surface area contributed by atoms with Gasteiger partial charge < -0.3 is 5.73 Å². The van der Waals surface area contributed by atoms with Crippen molar-refractivity contribution < 1.29 is 0 Å². The van der Waals surface area contributed by atoms with E-state index in [9.17, 15) is 0 Å². The molecule has 0 saturated heterocycles. The molecule has 0 aliphatic heterocycles. The van der Waals surface area contributed by atoms with Crippen LogP contribution in [0.1, 0.15) is 45.2 Å². The van der Waals surface area contributed by atoms with Crippen molar-refractivity contribution in [3.05, 3.63) is 29.3 Å². The first-order chi connectivity index (χ1) is 7.81. The summed E-state index contributed by atoms with van der Waals surface area (Å²) < 4.78 is 0.272. The lowest BCUT2D eigenvalue weighted by atomic mass is 10.0. The Bertz CT molecular complexity index is 366. The van der Waals surface area contributed by atoms with Gasteiger partial charge in [-0.25, -0.2) is 0 Å². The largest absolute Gasteiger partial charge is 0.327 e. The summed E-state index contributed by atoms with van der Waals surface area (Å²) in [5.74, 6) is 0. The van der Waals surface area contributed by atoms with Gasteiger partial charge in [0.1, 0.15) is 0 Å². The van der Waals surface area contributed by atoms with Gasteiger partial charge in [-0.2, -0.15) is 0 Å². The molecule has 1 atom stereocenters. The molecule has 17 heavy (non-hydrogen) atoms. The molecular formula is C15H25NS. The first-order valence-electron chi connectivity index (χ1n) is 6.36. The first-order valence-corrected chi connectivity index (χ1v) is 7.17. The van der Waals surface area contributed by atoms with Gasteiger partial charge in [-0.15, -0.1) is 11.8 Å².